The summed E-state index contributed by atoms with van der Waals surface area (Å²) in [6.45, 7) is 2.08. The van der Waals surface area contributed by atoms with Crippen LogP contribution in [0.3, 0.4) is 0 Å². The number of H-pyrrole nitrogens is 1. The van der Waals surface area contributed by atoms with Gasteiger partial charge in [0.05, 0.1) is 16.7 Å². The quantitative estimate of drug-likeness (QED) is 0.533. The number of pyridine rings is 1. The Morgan fingerprint density at radius 1 is 0.880 bits per heavy atom. The second-order valence-electron chi connectivity index (χ2n) is 6.87. The van der Waals surface area contributed by atoms with Crippen LogP contribution < -0.4 is 0 Å². The molecule has 2 aromatic heterocycles. The average molecular weight is 329 g/mol. The normalized spacial score (nSPS) is 14.1. The standard InChI is InChI=1S/C21H19N3O/c1-12-19-18(24-23-12)11-10-17-20(19)15-4-2-3-5-16(15)21(22-17)13-6-8-14(25)9-7-13/h6-11,25H,2-5H2,1H3,(H,23,24). The summed E-state index contributed by atoms with van der Waals surface area (Å²) in [7, 11) is 0. The summed E-state index contributed by atoms with van der Waals surface area (Å²) in [6.07, 6.45) is 4.56. The van der Waals surface area contributed by atoms with E-state index in [-0.39, 0.29) is 5.75 Å². The number of phenols is 1. The number of aryl methyl sites for hydroxylation is 2. The van der Waals surface area contributed by atoms with Crippen molar-refractivity contribution < 1.29 is 5.11 Å². The van der Waals surface area contributed by atoms with Crippen LogP contribution in [0.25, 0.3) is 33.1 Å². The molecule has 0 atom stereocenters. The van der Waals surface area contributed by atoms with Crippen LogP contribution in [0.5, 0.6) is 5.75 Å². The van der Waals surface area contributed by atoms with Crippen molar-refractivity contribution in [3.8, 4) is 17.0 Å². The fraction of sp³-hybridized carbons (Fsp3) is 0.238. The molecule has 4 nitrogen and oxygen atoms in total. The molecule has 1 aliphatic rings. The van der Waals surface area contributed by atoms with Crippen LogP contribution in [0.4, 0.5) is 0 Å². The lowest BCUT2D eigenvalue weighted by Crippen LogP contribution is -2.08. The monoisotopic (exact) mass is 329 g/mol. The summed E-state index contributed by atoms with van der Waals surface area (Å²) in [5.74, 6) is 0.286. The van der Waals surface area contributed by atoms with Gasteiger partial charge in [-0.1, -0.05) is 0 Å². The largest absolute Gasteiger partial charge is 0.508 e. The Morgan fingerprint density at radius 3 is 2.40 bits per heavy atom. The minimum absolute atomic E-state index is 0.286. The third kappa shape index (κ3) is 2.14. The minimum Gasteiger partial charge on any atom is -0.508 e. The van der Waals surface area contributed by atoms with Crippen molar-refractivity contribution in [2.75, 3.05) is 0 Å². The smallest absolute Gasteiger partial charge is 0.115 e. The molecule has 4 aromatic rings. The molecule has 124 valence electrons. The van der Waals surface area contributed by atoms with Gasteiger partial charge < -0.3 is 5.11 Å². The number of aromatic amines is 1. The summed E-state index contributed by atoms with van der Waals surface area (Å²) in [5, 5.41) is 19.6. The molecular formula is C21H19N3O. The maximum absolute atomic E-state index is 9.61. The van der Waals surface area contributed by atoms with Crippen molar-refractivity contribution in [3.05, 3.63) is 53.2 Å². The predicted molar refractivity (Wildman–Crippen MR) is 99.9 cm³/mol. The number of benzene rings is 2. The van der Waals surface area contributed by atoms with Crippen LogP contribution in [0, 0.1) is 6.92 Å². The minimum atomic E-state index is 0.286. The van der Waals surface area contributed by atoms with Crippen molar-refractivity contribution in [2.45, 2.75) is 32.6 Å². The molecule has 0 amide bonds. The van der Waals surface area contributed by atoms with Gasteiger partial charge in [-0.25, -0.2) is 4.98 Å². The van der Waals surface area contributed by atoms with Crippen LogP contribution in [0.2, 0.25) is 0 Å². The van der Waals surface area contributed by atoms with Gasteiger partial charge in [-0.3, -0.25) is 5.10 Å². The van der Waals surface area contributed by atoms with Crippen LogP contribution in [0.1, 0.15) is 29.7 Å². The Hall–Kier alpha value is -2.88. The molecule has 0 aliphatic heterocycles. The molecule has 0 saturated heterocycles. The lowest BCUT2D eigenvalue weighted by molar-refractivity contribution is 0.475. The number of aromatic hydroxyl groups is 1. The van der Waals surface area contributed by atoms with E-state index in [1.165, 1.54) is 34.7 Å². The van der Waals surface area contributed by atoms with Gasteiger partial charge in [0.25, 0.3) is 0 Å². The molecular weight excluding hydrogens is 310 g/mol. The molecule has 1 aliphatic carbocycles. The Labute approximate surface area is 145 Å². The maximum atomic E-state index is 9.61. The van der Waals surface area contributed by atoms with E-state index in [2.05, 4.69) is 23.2 Å². The third-order valence-corrected chi connectivity index (χ3v) is 5.31. The highest BCUT2D eigenvalue weighted by atomic mass is 16.3. The van der Waals surface area contributed by atoms with Gasteiger partial charge in [-0.2, -0.15) is 5.10 Å². The fourth-order valence-electron chi connectivity index (χ4n) is 4.14. The van der Waals surface area contributed by atoms with E-state index in [0.29, 0.717) is 0 Å². The fourth-order valence-corrected chi connectivity index (χ4v) is 4.14. The van der Waals surface area contributed by atoms with Crippen molar-refractivity contribution in [1.82, 2.24) is 15.2 Å². The Bertz CT molecular complexity index is 1110. The maximum Gasteiger partial charge on any atom is 0.115 e. The highest BCUT2D eigenvalue weighted by Gasteiger charge is 2.21. The summed E-state index contributed by atoms with van der Waals surface area (Å²) < 4.78 is 0. The lowest BCUT2D eigenvalue weighted by atomic mass is 9.85. The molecule has 5 rings (SSSR count). The van der Waals surface area contributed by atoms with Crippen molar-refractivity contribution in [1.29, 1.82) is 0 Å². The molecule has 0 saturated carbocycles. The number of hydrogen-bond acceptors (Lipinski definition) is 3. The van der Waals surface area contributed by atoms with E-state index in [9.17, 15) is 5.11 Å². The zero-order chi connectivity index (χ0) is 17.0. The zero-order valence-corrected chi connectivity index (χ0v) is 14.1. The van der Waals surface area contributed by atoms with Crippen LogP contribution >= 0.6 is 0 Å². The molecule has 2 heterocycles. The van der Waals surface area contributed by atoms with Crippen LogP contribution in [0.15, 0.2) is 36.4 Å². The van der Waals surface area contributed by atoms with Gasteiger partial charge in [0.15, 0.2) is 0 Å². The summed E-state index contributed by atoms with van der Waals surface area (Å²) in [5.41, 5.74) is 8.06. The number of phenolic OH excluding ortho intramolecular Hbond substituents is 1. The average Bonchev–Trinajstić information content (AvgIpc) is 3.03. The second-order valence-corrected chi connectivity index (χ2v) is 6.87. The van der Waals surface area contributed by atoms with Crippen LogP contribution in [-0.4, -0.2) is 20.3 Å². The van der Waals surface area contributed by atoms with Crippen molar-refractivity contribution in [2.24, 2.45) is 0 Å². The molecule has 0 spiro atoms. The lowest BCUT2D eigenvalue weighted by Gasteiger charge is -2.22. The zero-order valence-electron chi connectivity index (χ0n) is 14.1. The molecule has 2 aromatic carbocycles. The van der Waals surface area contributed by atoms with E-state index >= 15 is 0 Å². The number of nitrogens with zero attached hydrogens (tertiary/aromatic N) is 2. The number of nitrogens with one attached hydrogen (secondary N) is 1. The molecule has 0 radical (unpaired) electrons. The first-order valence-corrected chi connectivity index (χ1v) is 8.81. The first-order valence-electron chi connectivity index (χ1n) is 8.81. The first kappa shape index (κ1) is 14.5. The van der Waals surface area contributed by atoms with Crippen molar-refractivity contribution in [3.63, 3.8) is 0 Å². The second kappa shape index (κ2) is 5.31. The SMILES string of the molecule is Cc1[nH]nc2ccc3nc(-c4ccc(O)cc4)c4c(c3c12)CCCC4. The number of fused-ring (bicyclic) bond motifs is 5. The van der Waals surface area contributed by atoms with Crippen molar-refractivity contribution >= 4 is 21.8 Å². The summed E-state index contributed by atoms with van der Waals surface area (Å²) in [4.78, 5) is 5.04. The van der Waals surface area contributed by atoms with E-state index in [0.717, 1.165) is 40.8 Å². The first-order chi connectivity index (χ1) is 12.2. The number of aromatic nitrogens is 3. The number of rotatable bonds is 1. The van der Waals surface area contributed by atoms with E-state index in [4.69, 9.17) is 4.98 Å². The molecule has 2 N–H and O–H groups in total. The highest BCUT2D eigenvalue weighted by molar-refractivity contribution is 6.09. The van der Waals surface area contributed by atoms with Gasteiger partial charge in [-0.15, -0.1) is 0 Å². The summed E-state index contributed by atoms with van der Waals surface area (Å²) >= 11 is 0. The Morgan fingerprint density at radius 2 is 1.60 bits per heavy atom. The number of hydrogen-bond donors (Lipinski definition) is 2. The Balaban J connectivity index is 1.90. The molecule has 4 heteroatoms. The van der Waals surface area contributed by atoms with Gasteiger partial charge in [-0.05, 0) is 80.1 Å². The third-order valence-electron chi connectivity index (χ3n) is 5.31. The van der Waals surface area contributed by atoms with Crippen LogP contribution in [-0.2, 0) is 12.8 Å². The molecule has 0 unspecified atom stereocenters. The molecule has 25 heavy (non-hydrogen) atoms. The van der Waals surface area contributed by atoms with E-state index in [1.54, 1.807) is 12.1 Å². The van der Waals surface area contributed by atoms with Gasteiger partial charge in [0.2, 0.25) is 0 Å². The highest BCUT2D eigenvalue weighted by Crippen LogP contribution is 2.38. The summed E-state index contributed by atoms with van der Waals surface area (Å²) in [6, 6.07) is 11.5. The Kier molecular flexibility index (Phi) is 3.07. The van der Waals surface area contributed by atoms with E-state index in [1.807, 2.05) is 18.2 Å². The van der Waals surface area contributed by atoms with E-state index < -0.39 is 0 Å². The topological polar surface area (TPSA) is 61.8 Å². The van der Waals surface area contributed by atoms with Gasteiger partial charge >= 0.3 is 0 Å². The molecule has 0 bridgehead atoms. The van der Waals surface area contributed by atoms with Gasteiger partial charge in [0, 0.05) is 22.0 Å². The van der Waals surface area contributed by atoms with Gasteiger partial charge in [0.1, 0.15) is 5.75 Å². The molecule has 0 fully saturated rings. The predicted octanol–water partition coefficient (Wildman–Crippen LogP) is 4.67.